The van der Waals surface area contributed by atoms with Gasteiger partial charge in [0, 0.05) is 43.2 Å². The van der Waals surface area contributed by atoms with Gasteiger partial charge < -0.3 is 15.3 Å². The van der Waals surface area contributed by atoms with Gasteiger partial charge in [-0.1, -0.05) is 27.7 Å². The van der Waals surface area contributed by atoms with Gasteiger partial charge in [-0.15, -0.1) is 12.4 Å². The van der Waals surface area contributed by atoms with Gasteiger partial charge in [0.25, 0.3) is 0 Å². The Bertz CT molecular complexity index is 295. The summed E-state index contributed by atoms with van der Waals surface area (Å²) in [6.45, 7) is 10.6. The molecule has 1 heterocycles. The molecule has 0 spiro atoms. The van der Waals surface area contributed by atoms with Gasteiger partial charge >= 0.3 is 0 Å². The van der Waals surface area contributed by atoms with Crippen molar-refractivity contribution in [3.05, 3.63) is 0 Å². The molecule has 0 bridgehead atoms. The first-order valence-corrected chi connectivity index (χ1v) is 8.23. The molecular weight excluding hydrogens is 296 g/mol. The predicted octanol–water partition coefficient (Wildman–Crippen LogP) is 1.62. The third-order valence-corrected chi connectivity index (χ3v) is 4.43. The van der Waals surface area contributed by atoms with Crippen molar-refractivity contribution >= 4 is 30.1 Å². The fourth-order valence-corrected chi connectivity index (χ4v) is 2.93. The number of amides is 1. The van der Waals surface area contributed by atoms with Crippen molar-refractivity contribution in [2.45, 2.75) is 33.7 Å². The van der Waals surface area contributed by atoms with Gasteiger partial charge in [-0.2, -0.15) is 11.8 Å². The maximum absolute atomic E-state index is 12.5. The second-order valence-corrected chi connectivity index (χ2v) is 7.59. The van der Waals surface area contributed by atoms with Crippen LogP contribution >= 0.6 is 24.2 Å². The van der Waals surface area contributed by atoms with E-state index < -0.39 is 0 Å². The number of aliphatic hydroxyl groups is 1. The normalized spacial score (nSPS) is 17.8. The van der Waals surface area contributed by atoms with Crippen LogP contribution in [0.25, 0.3) is 0 Å². The topological polar surface area (TPSA) is 52.6 Å². The van der Waals surface area contributed by atoms with Crippen LogP contribution in [0.1, 0.15) is 27.7 Å². The highest BCUT2D eigenvalue weighted by Gasteiger charge is 2.29. The number of hydrogen-bond donors (Lipinski definition) is 2. The monoisotopic (exact) mass is 324 g/mol. The molecule has 0 aliphatic carbocycles. The molecule has 1 atom stereocenters. The lowest BCUT2D eigenvalue weighted by atomic mass is 9.93. The minimum atomic E-state index is -0.189. The summed E-state index contributed by atoms with van der Waals surface area (Å²) in [5, 5.41) is 12.6. The quantitative estimate of drug-likeness (QED) is 0.779. The number of carbonyl (C=O) groups excluding carboxylic acids is 1. The third kappa shape index (κ3) is 6.20. The van der Waals surface area contributed by atoms with Crippen molar-refractivity contribution in [2.24, 2.45) is 11.3 Å². The molecule has 0 unspecified atom stereocenters. The molecule has 2 N–H and O–H groups in total. The molecule has 120 valence electrons. The van der Waals surface area contributed by atoms with Crippen molar-refractivity contribution in [2.75, 3.05) is 37.7 Å². The first kappa shape index (κ1) is 20.0. The van der Waals surface area contributed by atoms with Gasteiger partial charge in [0.05, 0.1) is 6.04 Å². The molecular formula is C14H29ClN2O2S. The number of hydrogen-bond acceptors (Lipinski definition) is 4. The fraction of sp³-hybridized carbons (Fsp3) is 0.929. The maximum atomic E-state index is 12.5. The van der Waals surface area contributed by atoms with Crippen molar-refractivity contribution in [1.82, 2.24) is 10.2 Å². The zero-order valence-electron chi connectivity index (χ0n) is 13.0. The first-order valence-electron chi connectivity index (χ1n) is 7.08. The molecule has 1 rings (SSSR count). The summed E-state index contributed by atoms with van der Waals surface area (Å²) in [6, 6.07) is -0.145. The van der Waals surface area contributed by atoms with Crippen LogP contribution in [0, 0.1) is 11.3 Å². The number of halogens is 1. The summed E-state index contributed by atoms with van der Waals surface area (Å²) in [5.41, 5.74) is -0.189. The average Bonchev–Trinajstić information content (AvgIpc) is 2.39. The van der Waals surface area contributed by atoms with Crippen molar-refractivity contribution in [3.8, 4) is 0 Å². The van der Waals surface area contributed by atoms with E-state index in [9.17, 15) is 9.90 Å². The number of rotatable bonds is 6. The molecule has 0 radical (unpaired) electrons. The van der Waals surface area contributed by atoms with Gasteiger partial charge in [0.2, 0.25) is 5.91 Å². The standard InChI is InChI=1S/C14H28N2O2S.ClH/c1-11(2)12(15-9-14(3,4)10-17)13(18)16-5-7-19-8-6-16;/h11-12,15,17H,5-10H2,1-4H3;1H/t12-;/m0./s1. The number of nitrogens with zero attached hydrogens (tertiary/aromatic N) is 1. The summed E-state index contributed by atoms with van der Waals surface area (Å²) in [7, 11) is 0. The van der Waals surface area contributed by atoms with E-state index in [0.29, 0.717) is 6.54 Å². The Morgan fingerprint density at radius 2 is 1.90 bits per heavy atom. The molecule has 1 aliphatic heterocycles. The highest BCUT2D eigenvalue weighted by atomic mass is 35.5. The van der Waals surface area contributed by atoms with Crippen LogP contribution in [0.3, 0.4) is 0 Å². The molecule has 1 aliphatic rings. The Hall–Kier alpha value is 0.0300. The fourth-order valence-electron chi connectivity index (χ4n) is 2.03. The number of thioether (sulfide) groups is 1. The van der Waals surface area contributed by atoms with Crippen LogP contribution in [0.5, 0.6) is 0 Å². The van der Waals surface area contributed by atoms with Gasteiger partial charge in [-0.25, -0.2) is 0 Å². The van der Waals surface area contributed by atoms with Crippen LogP contribution in [0.4, 0.5) is 0 Å². The van der Waals surface area contributed by atoms with Crippen molar-refractivity contribution < 1.29 is 9.90 Å². The van der Waals surface area contributed by atoms with E-state index in [4.69, 9.17) is 0 Å². The smallest absolute Gasteiger partial charge is 0.240 e. The highest BCUT2D eigenvalue weighted by molar-refractivity contribution is 7.99. The highest BCUT2D eigenvalue weighted by Crippen LogP contribution is 2.16. The number of aliphatic hydroxyl groups excluding tert-OH is 1. The predicted molar refractivity (Wildman–Crippen MR) is 88.6 cm³/mol. The average molecular weight is 325 g/mol. The summed E-state index contributed by atoms with van der Waals surface area (Å²) < 4.78 is 0. The van der Waals surface area contributed by atoms with E-state index in [1.165, 1.54) is 0 Å². The summed E-state index contributed by atoms with van der Waals surface area (Å²) >= 11 is 1.91. The van der Waals surface area contributed by atoms with Gasteiger partial charge in [-0.05, 0) is 5.92 Å². The Morgan fingerprint density at radius 3 is 2.35 bits per heavy atom. The first-order chi connectivity index (χ1) is 8.87. The summed E-state index contributed by atoms with van der Waals surface area (Å²) in [6.07, 6.45) is 0. The lowest BCUT2D eigenvalue weighted by Crippen LogP contribution is -2.53. The molecule has 0 aromatic heterocycles. The van der Waals surface area contributed by atoms with Gasteiger partial charge in [-0.3, -0.25) is 4.79 Å². The van der Waals surface area contributed by atoms with E-state index in [1.807, 2.05) is 30.5 Å². The zero-order valence-corrected chi connectivity index (χ0v) is 14.6. The van der Waals surface area contributed by atoms with E-state index in [1.54, 1.807) is 0 Å². The van der Waals surface area contributed by atoms with Gasteiger partial charge in [0.15, 0.2) is 0 Å². The minimum absolute atomic E-state index is 0. The Labute approximate surface area is 133 Å². The van der Waals surface area contributed by atoms with Crippen LogP contribution in [0.15, 0.2) is 0 Å². The number of carbonyl (C=O) groups is 1. The maximum Gasteiger partial charge on any atom is 0.240 e. The minimum Gasteiger partial charge on any atom is -0.396 e. The summed E-state index contributed by atoms with van der Waals surface area (Å²) in [5.74, 6) is 2.55. The molecule has 0 aromatic rings. The van der Waals surface area contributed by atoms with Crippen LogP contribution in [0.2, 0.25) is 0 Å². The van der Waals surface area contributed by atoms with Crippen molar-refractivity contribution in [3.63, 3.8) is 0 Å². The molecule has 1 amide bonds. The second kappa shape index (κ2) is 9.13. The molecule has 0 saturated carbocycles. The SMILES string of the molecule is CC(C)[C@H](NCC(C)(C)CO)C(=O)N1CCSCC1.Cl. The third-order valence-electron chi connectivity index (χ3n) is 3.48. The van der Waals surface area contributed by atoms with E-state index in [2.05, 4.69) is 19.2 Å². The Balaban J connectivity index is 0.00000361. The molecule has 1 fully saturated rings. The molecule has 4 nitrogen and oxygen atoms in total. The van der Waals surface area contributed by atoms with Crippen LogP contribution < -0.4 is 5.32 Å². The number of nitrogens with one attached hydrogen (secondary N) is 1. The largest absolute Gasteiger partial charge is 0.396 e. The van der Waals surface area contributed by atoms with E-state index in [-0.39, 0.29) is 42.3 Å². The second-order valence-electron chi connectivity index (χ2n) is 6.36. The van der Waals surface area contributed by atoms with Crippen LogP contribution in [-0.2, 0) is 4.79 Å². The van der Waals surface area contributed by atoms with Crippen molar-refractivity contribution in [1.29, 1.82) is 0 Å². The summed E-state index contributed by atoms with van der Waals surface area (Å²) in [4.78, 5) is 14.5. The van der Waals surface area contributed by atoms with Gasteiger partial charge in [0.1, 0.15) is 0 Å². The van der Waals surface area contributed by atoms with E-state index in [0.717, 1.165) is 24.6 Å². The molecule has 6 heteroatoms. The molecule has 1 saturated heterocycles. The lowest BCUT2D eigenvalue weighted by molar-refractivity contribution is -0.134. The molecule has 0 aromatic carbocycles. The zero-order chi connectivity index (χ0) is 14.5. The lowest BCUT2D eigenvalue weighted by Gasteiger charge is -2.34. The molecule has 20 heavy (non-hydrogen) atoms. The van der Waals surface area contributed by atoms with Crippen LogP contribution in [-0.4, -0.2) is 59.7 Å². The Kier molecular flexibility index (Phi) is 9.14. The Morgan fingerprint density at radius 1 is 1.35 bits per heavy atom. The van der Waals surface area contributed by atoms with E-state index >= 15 is 0 Å².